The van der Waals surface area contributed by atoms with E-state index in [9.17, 15) is 9.59 Å². The third-order valence-corrected chi connectivity index (χ3v) is 5.05. The van der Waals surface area contributed by atoms with E-state index in [-0.39, 0.29) is 23.9 Å². The average Bonchev–Trinajstić information content (AvgIpc) is 3.28. The molecule has 0 aliphatic heterocycles. The van der Waals surface area contributed by atoms with E-state index >= 15 is 4.39 Å². The second kappa shape index (κ2) is 9.21. The molecule has 1 aliphatic carbocycles. The van der Waals surface area contributed by atoms with Crippen LogP contribution in [0.15, 0.2) is 6.07 Å². The molecule has 1 aliphatic rings. The van der Waals surface area contributed by atoms with E-state index < -0.39 is 17.5 Å². The number of carbonyl (C=O) groups is 2. The predicted octanol–water partition coefficient (Wildman–Crippen LogP) is 3.36. The first-order chi connectivity index (χ1) is 14.6. The lowest BCUT2D eigenvalue weighted by atomic mass is 10.1. The summed E-state index contributed by atoms with van der Waals surface area (Å²) in [7, 11) is 1.55. The monoisotopic (exact) mass is 435 g/mol. The Bertz CT molecular complexity index is 966. The minimum Gasteiger partial charge on any atom is -0.466 e. The molecule has 0 saturated carbocycles. The highest BCUT2D eigenvalue weighted by molar-refractivity contribution is 5.81. The molecule has 0 bridgehead atoms. The van der Waals surface area contributed by atoms with Crippen molar-refractivity contribution in [1.29, 1.82) is 0 Å². The van der Waals surface area contributed by atoms with Gasteiger partial charge in [0.15, 0.2) is 5.82 Å². The Balaban J connectivity index is 1.82. The van der Waals surface area contributed by atoms with Crippen molar-refractivity contribution in [1.82, 2.24) is 14.9 Å². The van der Waals surface area contributed by atoms with Crippen LogP contribution in [0.2, 0.25) is 0 Å². The molecular weight excluding hydrogens is 405 g/mol. The van der Waals surface area contributed by atoms with Crippen LogP contribution >= 0.6 is 0 Å². The van der Waals surface area contributed by atoms with Crippen LogP contribution in [0.3, 0.4) is 0 Å². The summed E-state index contributed by atoms with van der Waals surface area (Å²) in [5.41, 5.74) is 1.38. The zero-order valence-electron chi connectivity index (χ0n) is 18.7. The van der Waals surface area contributed by atoms with Crippen LogP contribution in [-0.2, 0) is 38.4 Å². The number of aromatic nitrogens is 2. The molecule has 1 unspecified atom stereocenters. The maximum absolute atomic E-state index is 15.2. The second-order valence-corrected chi connectivity index (χ2v) is 8.66. The third kappa shape index (κ3) is 5.33. The largest absolute Gasteiger partial charge is 0.466 e. The van der Waals surface area contributed by atoms with Crippen molar-refractivity contribution in [2.24, 2.45) is 5.92 Å². The number of nitrogens with zero attached hydrogens (tertiary/aromatic N) is 2. The number of ether oxygens (including phenoxy) is 3. The number of H-pyrrole nitrogens is 1. The van der Waals surface area contributed by atoms with E-state index in [2.05, 4.69) is 9.97 Å². The van der Waals surface area contributed by atoms with Crippen LogP contribution in [0.1, 0.15) is 44.6 Å². The molecule has 9 heteroatoms. The van der Waals surface area contributed by atoms with Gasteiger partial charge < -0.3 is 19.2 Å². The van der Waals surface area contributed by atoms with E-state index in [1.54, 1.807) is 34.8 Å². The number of carbonyl (C=O) groups excluding carboxylic acids is 2. The van der Waals surface area contributed by atoms with Gasteiger partial charge in [0.2, 0.25) is 0 Å². The maximum Gasteiger partial charge on any atom is 0.410 e. The fourth-order valence-electron chi connectivity index (χ4n) is 3.69. The lowest BCUT2D eigenvalue weighted by Crippen LogP contribution is -2.38. The summed E-state index contributed by atoms with van der Waals surface area (Å²) < 4.78 is 30.8. The first kappa shape index (κ1) is 23.0. The van der Waals surface area contributed by atoms with E-state index in [4.69, 9.17) is 14.2 Å². The summed E-state index contributed by atoms with van der Waals surface area (Å²) in [6.45, 7) is 8.20. The molecular formula is C22H30FN3O5. The summed E-state index contributed by atoms with van der Waals surface area (Å²) in [4.78, 5) is 33.6. The van der Waals surface area contributed by atoms with Gasteiger partial charge in [-0.3, -0.25) is 9.69 Å². The highest BCUT2D eigenvalue weighted by Gasteiger charge is 2.32. The number of rotatable bonds is 7. The van der Waals surface area contributed by atoms with Crippen LogP contribution in [0.5, 0.6) is 0 Å². The Morgan fingerprint density at radius 2 is 2.06 bits per heavy atom. The average molecular weight is 435 g/mol. The van der Waals surface area contributed by atoms with Crippen molar-refractivity contribution in [3.63, 3.8) is 0 Å². The molecule has 31 heavy (non-hydrogen) atoms. The number of benzene rings is 1. The van der Waals surface area contributed by atoms with Gasteiger partial charge in [-0.1, -0.05) is 0 Å². The van der Waals surface area contributed by atoms with Crippen molar-refractivity contribution >= 4 is 23.1 Å². The number of hydrogen-bond donors (Lipinski definition) is 1. The van der Waals surface area contributed by atoms with Crippen LogP contribution in [0, 0.1) is 11.7 Å². The van der Waals surface area contributed by atoms with Gasteiger partial charge in [-0.25, -0.2) is 14.2 Å². The van der Waals surface area contributed by atoms with Crippen LogP contribution in [0.25, 0.3) is 11.0 Å². The molecule has 1 aromatic heterocycles. The van der Waals surface area contributed by atoms with Crippen LogP contribution in [-0.4, -0.2) is 59.4 Å². The van der Waals surface area contributed by atoms with Crippen molar-refractivity contribution in [3.8, 4) is 0 Å². The second-order valence-electron chi connectivity index (χ2n) is 8.66. The van der Waals surface area contributed by atoms with E-state index in [1.165, 1.54) is 4.90 Å². The number of esters is 1. The Morgan fingerprint density at radius 1 is 1.32 bits per heavy atom. The first-order valence-corrected chi connectivity index (χ1v) is 10.4. The number of hydrogen-bond acceptors (Lipinski definition) is 6. The molecule has 2 aromatic rings. The molecule has 1 atom stereocenters. The summed E-state index contributed by atoms with van der Waals surface area (Å²) in [6.07, 6.45) is 0.244. The Morgan fingerprint density at radius 3 is 2.71 bits per heavy atom. The Kier molecular flexibility index (Phi) is 6.83. The summed E-state index contributed by atoms with van der Waals surface area (Å²) in [5, 5.41) is 0. The van der Waals surface area contributed by atoms with Gasteiger partial charge in [0.1, 0.15) is 16.9 Å². The molecule has 8 nitrogen and oxygen atoms in total. The molecule has 1 heterocycles. The SMILES string of the molecule is CCOC(=O)C1Cc2cc3[nH]c(CN(CCOC)C(=O)OC(C)(C)C)nc3c(F)c2C1. The normalized spacial score (nSPS) is 15.7. The number of amides is 1. The van der Waals surface area contributed by atoms with Gasteiger partial charge >= 0.3 is 12.1 Å². The molecule has 1 N–H and O–H groups in total. The highest BCUT2D eigenvalue weighted by Crippen LogP contribution is 2.33. The number of methoxy groups -OCH3 is 1. The van der Waals surface area contributed by atoms with E-state index in [1.807, 2.05) is 6.07 Å². The van der Waals surface area contributed by atoms with Crippen LogP contribution in [0.4, 0.5) is 9.18 Å². The standard InChI is InChI=1S/C22H30FN3O5/c1-6-30-20(27)14-9-13-11-16-19(18(23)15(13)10-14)25-17(24-16)12-26(7-8-29-5)21(28)31-22(2,3)4/h11,14H,6-10,12H2,1-5H3,(H,24,25). The molecule has 3 rings (SSSR count). The van der Waals surface area contributed by atoms with Gasteiger partial charge in [0.05, 0.1) is 31.2 Å². The Hall–Kier alpha value is -2.68. The number of imidazole rings is 1. The van der Waals surface area contributed by atoms with Gasteiger partial charge in [0.25, 0.3) is 0 Å². The fourth-order valence-corrected chi connectivity index (χ4v) is 3.69. The van der Waals surface area contributed by atoms with Gasteiger partial charge in [0, 0.05) is 13.7 Å². The van der Waals surface area contributed by atoms with E-state index in [0.717, 1.165) is 5.56 Å². The molecule has 0 spiro atoms. The van der Waals surface area contributed by atoms with Crippen molar-refractivity contribution in [3.05, 3.63) is 28.8 Å². The highest BCUT2D eigenvalue weighted by atomic mass is 19.1. The zero-order chi connectivity index (χ0) is 22.8. The predicted molar refractivity (Wildman–Crippen MR) is 112 cm³/mol. The number of halogens is 1. The maximum atomic E-state index is 15.2. The lowest BCUT2D eigenvalue weighted by Gasteiger charge is -2.26. The van der Waals surface area contributed by atoms with Gasteiger partial charge in [-0.2, -0.15) is 0 Å². The molecule has 0 saturated heterocycles. The van der Waals surface area contributed by atoms with Crippen LogP contribution < -0.4 is 0 Å². The quantitative estimate of drug-likeness (QED) is 0.671. The minimum atomic E-state index is -0.640. The van der Waals surface area contributed by atoms with Crippen molar-refractivity contribution in [2.45, 2.75) is 52.7 Å². The smallest absolute Gasteiger partial charge is 0.410 e. The molecule has 0 radical (unpaired) electrons. The number of aromatic amines is 1. The fraction of sp³-hybridized carbons (Fsp3) is 0.591. The zero-order valence-corrected chi connectivity index (χ0v) is 18.7. The summed E-state index contributed by atoms with van der Waals surface area (Å²) >= 11 is 0. The van der Waals surface area contributed by atoms with Gasteiger partial charge in [-0.05, 0) is 57.7 Å². The Labute approximate surface area is 181 Å². The third-order valence-electron chi connectivity index (χ3n) is 5.05. The number of fused-ring (bicyclic) bond motifs is 2. The van der Waals surface area contributed by atoms with Crippen molar-refractivity contribution < 1.29 is 28.2 Å². The van der Waals surface area contributed by atoms with Gasteiger partial charge in [-0.15, -0.1) is 0 Å². The molecule has 1 aromatic carbocycles. The topological polar surface area (TPSA) is 93.8 Å². The van der Waals surface area contributed by atoms with Crippen molar-refractivity contribution in [2.75, 3.05) is 26.9 Å². The molecule has 0 fully saturated rings. The lowest BCUT2D eigenvalue weighted by molar-refractivity contribution is -0.147. The molecule has 170 valence electrons. The minimum absolute atomic E-state index is 0.127. The van der Waals surface area contributed by atoms with E-state index in [0.29, 0.717) is 49.5 Å². The summed E-state index contributed by atoms with van der Waals surface area (Å²) in [5.74, 6) is -0.655. The first-order valence-electron chi connectivity index (χ1n) is 10.4. The number of nitrogens with one attached hydrogen (secondary N) is 1. The summed E-state index contributed by atoms with van der Waals surface area (Å²) in [6, 6.07) is 1.83. The molecule has 1 amide bonds.